The number of aromatic nitrogens is 4. The van der Waals surface area contributed by atoms with Gasteiger partial charge in [0, 0.05) is 25.4 Å². The van der Waals surface area contributed by atoms with Crippen LogP contribution >= 0.6 is 0 Å². The van der Waals surface area contributed by atoms with E-state index in [0.717, 1.165) is 6.42 Å². The summed E-state index contributed by atoms with van der Waals surface area (Å²) in [5, 5.41) is 7.19. The average Bonchev–Trinajstić information content (AvgIpc) is 3.21. The molecule has 3 rings (SSSR count). The molecule has 28 heavy (non-hydrogen) atoms. The van der Waals surface area contributed by atoms with E-state index in [2.05, 4.69) is 15.4 Å². The number of ether oxygens (including phenoxy) is 1. The van der Waals surface area contributed by atoms with Crippen molar-refractivity contribution in [3.63, 3.8) is 0 Å². The van der Waals surface area contributed by atoms with Gasteiger partial charge in [0.1, 0.15) is 11.3 Å². The number of rotatable bonds is 7. The Morgan fingerprint density at radius 2 is 2.04 bits per heavy atom. The summed E-state index contributed by atoms with van der Waals surface area (Å²) in [7, 11) is 3.29. The third kappa shape index (κ3) is 3.42. The van der Waals surface area contributed by atoms with Crippen LogP contribution < -0.4 is 15.8 Å². The van der Waals surface area contributed by atoms with Crippen LogP contribution in [0.3, 0.4) is 0 Å². The van der Waals surface area contributed by atoms with Crippen molar-refractivity contribution in [2.45, 2.75) is 33.2 Å². The van der Waals surface area contributed by atoms with Crippen molar-refractivity contribution in [3.05, 3.63) is 35.2 Å². The van der Waals surface area contributed by atoms with Crippen LogP contribution in [0.1, 0.15) is 46.7 Å². The quantitative estimate of drug-likeness (QED) is 0.647. The number of carbonyl (C=O) groups is 2. The molecule has 2 aromatic heterocycles. The summed E-state index contributed by atoms with van der Waals surface area (Å²) in [6, 6.07) is 3.18. The number of amides is 2. The normalized spacial score (nSPS) is 11.0. The van der Waals surface area contributed by atoms with Gasteiger partial charge in [-0.3, -0.25) is 19.6 Å². The third-order valence-electron chi connectivity index (χ3n) is 4.47. The number of anilines is 1. The van der Waals surface area contributed by atoms with E-state index in [0.29, 0.717) is 52.5 Å². The van der Waals surface area contributed by atoms with Crippen molar-refractivity contribution in [2.24, 2.45) is 12.8 Å². The molecule has 0 aliphatic heterocycles. The van der Waals surface area contributed by atoms with E-state index in [1.54, 1.807) is 30.1 Å². The number of nitrogens with zero attached hydrogens (tertiary/aromatic N) is 4. The Kier molecular flexibility index (Phi) is 5.34. The predicted molar refractivity (Wildman–Crippen MR) is 106 cm³/mol. The number of hydrogen-bond donors (Lipinski definition) is 2. The third-order valence-corrected chi connectivity index (χ3v) is 4.47. The molecule has 0 spiro atoms. The Labute approximate surface area is 162 Å². The Morgan fingerprint density at radius 1 is 1.29 bits per heavy atom. The Morgan fingerprint density at radius 3 is 2.64 bits per heavy atom. The van der Waals surface area contributed by atoms with Crippen LogP contribution in [0.2, 0.25) is 0 Å². The molecular weight excluding hydrogens is 360 g/mol. The van der Waals surface area contributed by atoms with Crippen molar-refractivity contribution in [2.75, 3.05) is 12.4 Å². The highest BCUT2D eigenvalue weighted by atomic mass is 16.5. The van der Waals surface area contributed by atoms with Gasteiger partial charge < -0.3 is 15.0 Å². The molecule has 0 atom stereocenters. The van der Waals surface area contributed by atoms with Gasteiger partial charge in [-0.15, -0.1) is 0 Å². The zero-order chi connectivity index (χ0) is 20.4. The van der Waals surface area contributed by atoms with Crippen molar-refractivity contribution >= 4 is 28.8 Å². The molecule has 0 unspecified atom stereocenters. The number of carbonyl (C=O) groups excluding carboxylic acids is 2. The van der Waals surface area contributed by atoms with Crippen LogP contribution in [0, 0.1) is 0 Å². The SMILES string of the molecule is CCCn1c(NC(=O)c2cn(C)nc2CC)nc2cc(C(N)=O)cc(OC)c21. The molecule has 148 valence electrons. The van der Waals surface area contributed by atoms with Crippen LogP contribution in [-0.4, -0.2) is 38.3 Å². The first-order chi connectivity index (χ1) is 13.4. The highest BCUT2D eigenvalue weighted by Gasteiger charge is 2.21. The number of aryl methyl sites for hydroxylation is 3. The van der Waals surface area contributed by atoms with Gasteiger partial charge in [0.25, 0.3) is 5.91 Å². The maximum atomic E-state index is 12.8. The summed E-state index contributed by atoms with van der Waals surface area (Å²) in [6.45, 7) is 4.59. The lowest BCUT2D eigenvalue weighted by molar-refractivity contribution is 0.0997. The monoisotopic (exact) mass is 384 g/mol. The number of fused-ring (bicyclic) bond motifs is 1. The average molecular weight is 384 g/mol. The van der Waals surface area contributed by atoms with Gasteiger partial charge >= 0.3 is 0 Å². The molecule has 9 nitrogen and oxygen atoms in total. The molecule has 9 heteroatoms. The molecule has 0 fully saturated rings. The van der Waals surface area contributed by atoms with Crippen LogP contribution in [0.25, 0.3) is 11.0 Å². The lowest BCUT2D eigenvalue weighted by Crippen LogP contribution is -2.17. The van der Waals surface area contributed by atoms with E-state index in [1.165, 1.54) is 7.11 Å². The van der Waals surface area contributed by atoms with Crippen LogP contribution in [0.15, 0.2) is 18.3 Å². The molecule has 0 aliphatic carbocycles. The molecule has 2 amide bonds. The van der Waals surface area contributed by atoms with Crippen LogP contribution in [-0.2, 0) is 20.0 Å². The zero-order valence-electron chi connectivity index (χ0n) is 16.4. The Bertz CT molecular complexity index is 1050. The second kappa shape index (κ2) is 7.71. The fraction of sp³-hybridized carbons (Fsp3) is 0.368. The molecule has 0 aliphatic rings. The molecule has 0 radical (unpaired) electrons. The standard InChI is InChI=1S/C19H24N6O3/c1-5-7-25-16-14(8-11(17(20)26)9-15(16)28-4)21-19(25)22-18(27)12-10-24(3)23-13(12)6-2/h8-10H,5-7H2,1-4H3,(H2,20,26)(H,21,22,27). The summed E-state index contributed by atoms with van der Waals surface area (Å²) < 4.78 is 8.94. The highest BCUT2D eigenvalue weighted by molar-refractivity contribution is 6.05. The van der Waals surface area contributed by atoms with Crippen molar-refractivity contribution in [1.29, 1.82) is 0 Å². The largest absolute Gasteiger partial charge is 0.494 e. The summed E-state index contributed by atoms with van der Waals surface area (Å²) in [6.07, 6.45) is 3.15. The molecule has 2 heterocycles. The van der Waals surface area contributed by atoms with E-state index < -0.39 is 5.91 Å². The second-order valence-electron chi connectivity index (χ2n) is 6.47. The van der Waals surface area contributed by atoms with Gasteiger partial charge in [-0.25, -0.2) is 4.98 Å². The first kappa shape index (κ1) is 19.4. The lowest BCUT2D eigenvalue weighted by atomic mass is 10.1. The van der Waals surface area contributed by atoms with Gasteiger partial charge in [0.05, 0.1) is 23.9 Å². The van der Waals surface area contributed by atoms with Gasteiger partial charge in [-0.1, -0.05) is 13.8 Å². The smallest absolute Gasteiger partial charge is 0.261 e. The number of imidazole rings is 1. The topological polar surface area (TPSA) is 117 Å². The maximum Gasteiger partial charge on any atom is 0.261 e. The fourth-order valence-corrected chi connectivity index (χ4v) is 3.22. The van der Waals surface area contributed by atoms with Gasteiger partial charge in [-0.2, -0.15) is 5.10 Å². The van der Waals surface area contributed by atoms with E-state index >= 15 is 0 Å². The van der Waals surface area contributed by atoms with Gasteiger partial charge in [0.2, 0.25) is 11.9 Å². The van der Waals surface area contributed by atoms with E-state index in [-0.39, 0.29) is 5.91 Å². The Hall–Kier alpha value is -3.36. The summed E-state index contributed by atoms with van der Waals surface area (Å²) >= 11 is 0. The molecule has 0 bridgehead atoms. The summed E-state index contributed by atoms with van der Waals surface area (Å²) in [5.41, 5.74) is 8.16. The summed E-state index contributed by atoms with van der Waals surface area (Å²) in [4.78, 5) is 29.0. The lowest BCUT2D eigenvalue weighted by Gasteiger charge is -2.11. The minimum atomic E-state index is -0.571. The number of benzene rings is 1. The first-order valence-corrected chi connectivity index (χ1v) is 9.11. The second-order valence-corrected chi connectivity index (χ2v) is 6.47. The van der Waals surface area contributed by atoms with Crippen LogP contribution in [0.5, 0.6) is 5.75 Å². The minimum absolute atomic E-state index is 0.285. The Balaban J connectivity index is 2.10. The maximum absolute atomic E-state index is 12.8. The molecule has 1 aromatic carbocycles. The number of hydrogen-bond acceptors (Lipinski definition) is 5. The fourth-order valence-electron chi connectivity index (χ4n) is 3.22. The number of methoxy groups -OCH3 is 1. The molecule has 0 saturated heterocycles. The van der Waals surface area contributed by atoms with Gasteiger partial charge in [0.15, 0.2) is 0 Å². The van der Waals surface area contributed by atoms with E-state index in [1.807, 2.05) is 18.4 Å². The summed E-state index contributed by atoms with van der Waals surface area (Å²) in [5.74, 6) is 0.00141. The zero-order valence-corrected chi connectivity index (χ0v) is 16.4. The van der Waals surface area contributed by atoms with E-state index in [9.17, 15) is 9.59 Å². The predicted octanol–water partition coefficient (Wildman–Crippen LogP) is 2.10. The molecule has 3 aromatic rings. The number of nitrogens with one attached hydrogen (secondary N) is 1. The number of nitrogens with two attached hydrogens (primary N) is 1. The first-order valence-electron chi connectivity index (χ1n) is 9.11. The number of primary amides is 1. The van der Waals surface area contributed by atoms with Crippen molar-refractivity contribution in [1.82, 2.24) is 19.3 Å². The van der Waals surface area contributed by atoms with E-state index in [4.69, 9.17) is 10.5 Å². The molecule has 0 saturated carbocycles. The highest BCUT2D eigenvalue weighted by Crippen LogP contribution is 2.31. The van der Waals surface area contributed by atoms with Crippen LogP contribution in [0.4, 0.5) is 5.95 Å². The van der Waals surface area contributed by atoms with Crippen molar-refractivity contribution in [3.8, 4) is 5.75 Å². The molecular formula is C19H24N6O3. The van der Waals surface area contributed by atoms with Crippen molar-refractivity contribution < 1.29 is 14.3 Å². The minimum Gasteiger partial charge on any atom is -0.494 e. The van der Waals surface area contributed by atoms with Gasteiger partial charge in [-0.05, 0) is 25.0 Å². The molecule has 3 N–H and O–H groups in total.